The molecule has 1 aromatic heterocycles. The summed E-state index contributed by atoms with van der Waals surface area (Å²) < 4.78 is 6.17. The number of rotatable bonds is 4. The Hall–Kier alpha value is -1.95. The van der Waals surface area contributed by atoms with Crippen LogP contribution in [0, 0.1) is 0 Å². The van der Waals surface area contributed by atoms with Gasteiger partial charge in [-0.25, -0.2) is 4.98 Å². The third kappa shape index (κ3) is 4.82. The first-order valence-electron chi connectivity index (χ1n) is 6.71. The van der Waals surface area contributed by atoms with Crippen molar-refractivity contribution in [2.24, 2.45) is 0 Å². The van der Waals surface area contributed by atoms with E-state index in [1.54, 1.807) is 20.8 Å². The first kappa shape index (κ1) is 15.4. The second kappa shape index (κ2) is 6.22. The van der Waals surface area contributed by atoms with E-state index >= 15 is 0 Å². The van der Waals surface area contributed by atoms with Crippen molar-refractivity contribution >= 4 is 38.6 Å². The minimum atomic E-state index is -0.527. The van der Waals surface area contributed by atoms with Crippen LogP contribution in [0.4, 0.5) is 5.13 Å². The number of nitrogens with one attached hydrogen (secondary N) is 1. The van der Waals surface area contributed by atoms with E-state index in [9.17, 15) is 9.59 Å². The molecule has 0 saturated carbocycles. The van der Waals surface area contributed by atoms with Gasteiger partial charge in [0.1, 0.15) is 5.60 Å². The van der Waals surface area contributed by atoms with E-state index in [-0.39, 0.29) is 24.7 Å². The minimum Gasteiger partial charge on any atom is -0.460 e. The average Bonchev–Trinajstić information content (AvgIpc) is 2.76. The SMILES string of the molecule is CC(C)(C)OC(=O)CCC(=O)Nc1nc2ccccc2s1. The predicted molar refractivity (Wildman–Crippen MR) is 83.3 cm³/mol. The molecule has 21 heavy (non-hydrogen) atoms. The number of esters is 1. The van der Waals surface area contributed by atoms with Gasteiger partial charge in [-0.15, -0.1) is 0 Å². The number of hydrogen-bond acceptors (Lipinski definition) is 5. The number of thiazole rings is 1. The Morgan fingerprint density at radius 2 is 1.95 bits per heavy atom. The van der Waals surface area contributed by atoms with E-state index in [0.717, 1.165) is 10.2 Å². The number of anilines is 1. The summed E-state index contributed by atoms with van der Waals surface area (Å²) in [4.78, 5) is 27.7. The Kier molecular flexibility index (Phi) is 4.57. The lowest BCUT2D eigenvalue weighted by atomic mass is 10.2. The topological polar surface area (TPSA) is 68.3 Å². The fourth-order valence-corrected chi connectivity index (χ4v) is 2.60. The van der Waals surface area contributed by atoms with Crippen molar-refractivity contribution in [1.29, 1.82) is 0 Å². The van der Waals surface area contributed by atoms with E-state index in [1.165, 1.54) is 11.3 Å². The molecule has 0 aliphatic rings. The maximum absolute atomic E-state index is 11.8. The second-order valence-electron chi connectivity index (χ2n) is 5.62. The van der Waals surface area contributed by atoms with Gasteiger partial charge in [-0.3, -0.25) is 9.59 Å². The van der Waals surface area contributed by atoms with Gasteiger partial charge in [0.2, 0.25) is 5.91 Å². The zero-order chi connectivity index (χ0) is 15.5. The zero-order valence-electron chi connectivity index (χ0n) is 12.3. The number of fused-ring (bicyclic) bond motifs is 1. The molecule has 0 saturated heterocycles. The van der Waals surface area contributed by atoms with E-state index in [2.05, 4.69) is 10.3 Å². The van der Waals surface area contributed by atoms with Gasteiger partial charge in [0.15, 0.2) is 5.13 Å². The molecule has 2 aromatic rings. The summed E-state index contributed by atoms with van der Waals surface area (Å²) >= 11 is 1.41. The number of benzene rings is 1. The molecule has 112 valence electrons. The highest BCUT2D eigenvalue weighted by atomic mass is 32.1. The van der Waals surface area contributed by atoms with Crippen LogP contribution in [0.1, 0.15) is 33.6 Å². The number of para-hydroxylation sites is 1. The number of carbonyl (C=O) groups excluding carboxylic acids is 2. The molecule has 0 aliphatic heterocycles. The minimum absolute atomic E-state index is 0.0635. The first-order valence-corrected chi connectivity index (χ1v) is 7.52. The lowest BCUT2D eigenvalue weighted by molar-refractivity contribution is -0.155. The molecule has 6 heteroatoms. The van der Waals surface area contributed by atoms with Crippen molar-refractivity contribution in [3.05, 3.63) is 24.3 Å². The molecule has 1 heterocycles. The molecule has 0 fully saturated rings. The van der Waals surface area contributed by atoms with Gasteiger partial charge in [0, 0.05) is 6.42 Å². The normalized spacial score (nSPS) is 11.4. The highest BCUT2D eigenvalue weighted by Crippen LogP contribution is 2.25. The summed E-state index contributed by atoms with van der Waals surface area (Å²) in [5, 5.41) is 3.26. The standard InChI is InChI=1S/C15H18N2O3S/c1-15(2,3)20-13(19)9-8-12(18)17-14-16-10-6-4-5-7-11(10)21-14/h4-7H,8-9H2,1-3H3,(H,16,17,18). The second-order valence-corrected chi connectivity index (χ2v) is 6.65. The zero-order valence-corrected chi connectivity index (χ0v) is 13.1. The summed E-state index contributed by atoms with van der Waals surface area (Å²) in [7, 11) is 0. The Morgan fingerprint density at radius 1 is 1.24 bits per heavy atom. The largest absolute Gasteiger partial charge is 0.460 e. The molecule has 1 aromatic carbocycles. The van der Waals surface area contributed by atoms with Gasteiger partial charge in [0.05, 0.1) is 16.6 Å². The lowest BCUT2D eigenvalue weighted by Gasteiger charge is -2.19. The summed E-state index contributed by atoms with van der Waals surface area (Å²) in [6.07, 6.45) is 0.152. The number of carbonyl (C=O) groups is 2. The molecule has 2 rings (SSSR count). The molecular formula is C15H18N2O3S. The van der Waals surface area contributed by atoms with Crippen LogP contribution >= 0.6 is 11.3 Å². The molecule has 0 radical (unpaired) electrons. The molecule has 0 atom stereocenters. The molecule has 0 spiro atoms. The van der Waals surface area contributed by atoms with Gasteiger partial charge >= 0.3 is 5.97 Å². The fraction of sp³-hybridized carbons (Fsp3) is 0.400. The number of nitrogens with zero attached hydrogens (tertiary/aromatic N) is 1. The molecule has 0 aliphatic carbocycles. The molecule has 5 nitrogen and oxygen atoms in total. The highest BCUT2D eigenvalue weighted by Gasteiger charge is 2.17. The quantitative estimate of drug-likeness (QED) is 0.879. The summed E-state index contributed by atoms with van der Waals surface area (Å²) in [6.45, 7) is 5.39. The van der Waals surface area contributed by atoms with Crippen LogP contribution < -0.4 is 5.32 Å². The van der Waals surface area contributed by atoms with E-state index in [4.69, 9.17) is 4.74 Å². The van der Waals surface area contributed by atoms with Crippen LogP contribution in [0.2, 0.25) is 0 Å². The highest BCUT2D eigenvalue weighted by molar-refractivity contribution is 7.22. The number of hydrogen-bond donors (Lipinski definition) is 1. The molecular weight excluding hydrogens is 288 g/mol. The molecule has 0 bridgehead atoms. The Labute approximate surface area is 127 Å². The molecule has 0 unspecified atom stereocenters. The van der Waals surface area contributed by atoms with Crippen LogP contribution in [0.5, 0.6) is 0 Å². The van der Waals surface area contributed by atoms with Crippen molar-refractivity contribution < 1.29 is 14.3 Å². The predicted octanol–water partition coefficient (Wildman–Crippen LogP) is 3.36. The number of aromatic nitrogens is 1. The van der Waals surface area contributed by atoms with Crippen LogP contribution in [-0.4, -0.2) is 22.5 Å². The summed E-state index contributed by atoms with van der Waals surface area (Å²) in [6, 6.07) is 7.66. The van der Waals surface area contributed by atoms with E-state index in [1.807, 2.05) is 24.3 Å². The lowest BCUT2D eigenvalue weighted by Crippen LogP contribution is -2.24. The van der Waals surface area contributed by atoms with Crippen LogP contribution in [0.25, 0.3) is 10.2 Å². The Morgan fingerprint density at radius 3 is 2.62 bits per heavy atom. The van der Waals surface area contributed by atoms with Gasteiger partial charge in [0.25, 0.3) is 0 Å². The smallest absolute Gasteiger partial charge is 0.306 e. The van der Waals surface area contributed by atoms with Gasteiger partial charge < -0.3 is 10.1 Å². The van der Waals surface area contributed by atoms with Crippen molar-refractivity contribution in [1.82, 2.24) is 4.98 Å². The van der Waals surface area contributed by atoms with Gasteiger partial charge in [-0.2, -0.15) is 0 Å². The van der Waals surface area contributed by atoms with Gasteiger partial charge in [-0.1, -0.05) is 23.5 Å². The van der Waals surface area contributed by atoms with Crippen LogP contribution in [-0.2, 0) is 14.3 Å². The first-order chi connectivity index (χ1) is 9.83. The summed E-state index contributed by atoms with van der Waals surface area (Å²) in [5.41, 5.74) is 0.325. The van der Waals surface area contributed by atoms with Crippen molar-refractivity contribution in [2.75, 3.05) is 5.32 Å². The fourth-order valence-electron chi connectivity index (χ4n) is 1.72. The third-order valence-electron chi connectivity index (χ3n) is 2.52. The summed E-state index contributed by atoms with van der Waals surface area (Å²) in [5.74, 6) is -0.609. The third-order valence-corrected chi connectivity index (χ3v) is 3.47. The van der Waals surface area contributed by atoms with Crippen LogP contribution in [0.3, 0.4) is 0 Å². The van der Waals surface area contributed by atoms with Gasteiger partial charge in [-0.05, 0) is 32.9 Å². The maximum atomic E-state index is 11.8. The number of ether oxygens (including phenoxy) is 1. The monoisotopic (exact) mass is 306 g/mol. The Bertz CT molecular complexity index is 625. The molecule has 1 N–H and O–H groups in total. The Balaban J connectivity index is 1.86. The van der Waals surface area contributed by atoms with E-state index < -0.39 is 5.60 Å². The van der Waals surface area contributed by atoms with Crippen molar-refractivity contribution in [2.45, 2.75) is 39.2 Å². The van der Waals surface area contributed by atoms with Crippen molar-refractivity contribution in [3.8, 4) is 0 Å². The molecule has 1 amide bonds. The van der Waals surface area contributed by atoms with E-state index in [0.29, 0.717) is 5.13 Å². The number of amides is 1. The van der Waals surface area contributed by atoms with Crippen LogP contribution in [0.15, 0.2) is 24.3 Å². The maximum Gasteiger partial charge on any atom is 0.306 e. The van der Waals surface area contributed by atoms with Crippen molar-refractivity contribution in [3.63, 3.8) is 0 Å². The average molecular weight is 306 g/mol.